The van der Waals surface area contributed by atoms with Crippen LogP contribution in [0.25, 0.3) is 0 Å². The van der Waals surface area contributed by atoms with Crippen LogP contribution in [-0.4, -0.2) is 50.0 Å². The molecule has 0 bridgehead atoms. The Morgan fingerprint density at radius 2 is 1.77 bits per heavy atom. The summed E-state index contributed by atoms with van der Waals surface area (Å²) in [5.74, 6) is -0.640. The number of amides is 2. The molecule has 1 aliphatic rings. The van der Waals surface area contributed by atoms with Gasteiger partial charge in [-0.15, -0.1) is 0 Å². The van der Waals surface area contributed by atoms with Crippen LogP contribution in [-0.2, 0) is 26.2 Å². The maximum Gasteiger partial charge on any atom is 0.244 e. The van der Waals surface area contributed by atoms with Gasteiger partial charge in [0, 0.05) is 17.6 Å². The van der Waals surface area contributed by atoms with Crippen LogP contribution in [0.4, 0.5) is 5.69 Å². The Morgan fingerprint density at radius 1 is 1.11 bits per heavy atom. The first-order valence-corrected chi connectivity index (χ1v) is 14.2. The third-order valence-corrected chi connectivity index (χ3v) is 7.75. The van der Waals surface area contributed by atoms with Crippen molar-refractivity contribution in [2.75, 3.05) is 17.1 Å². The molecule has 0 unspecified atom stereocenters. The van der Waals surface area contributed by atoms with Gasteiger partial charge < -0.3 is 10.2 Å². The van der Waals surface area contributed by atoms with E-state index in [9.17, 15) is 18.0 Å². The second kappa shape index (κ2) is 11.9. The summed E-state index contributed by atoms with van der Waals surface area (Å²) in [6.45, 7) is 3.40. The smallest absolute Gasteiger partial charge is 0.244 e. The van der Waals surface area contributed by atoms with Crippen LogP contribution in [0, 0.1) is 6.92 Å². The number of hydrogen-bond donors (Lipinski definition) is 1. The number of nitrogens with zero attached hydrogens (tertiary/aromatic N) is 2. The second-order valence-corrected chi connectivity index (χ2v) is 11.5. The largest absolute Gasteiger partial charge is 0.352 e. The number of aryl methyl sites for hydroxylation is 1. The number of nitrogens with one attached hydrogen (secondary N) is 1. The van der Waals surface area contributed by atoms with E-state index in [0.717, 1.165) is 41.8 Å². The van der Waals surface area contributed by atoms with E-state index in [4.69, 9.17) is 11.6 Å². The number of rotatable bonds is 10. The minimum Gasteiger partial charge on any atom is -0.352 e. The SMILES string of the molecule is CC[C@@H](C(=O)NC1CCCC1)N(Cc1ccccc1)C(=O)CN(c1ccc(Cl)cc1C)S(C)(=O)=O. The molecule has 0 aromatic heterocycles. The third kappa shape index (κ3) is 7.21. The van der Waals surface area contributed by atoms with Gasteiger partial charge in [-0.2, -0.15) is 0 Å². The number of halogens is 1. The highest BCUT2D eigenvalue weighted by Gasteiger charge is 2.33. The molecule has 1 saturated carbocycles. The molecule has 1 N–H and O–H groups in total. The predicted octanol–water partition coefficient (Wildman–Crippen LogP) is 4.28. The molecule has 0 saturated heterocycles. The maximum atomic E-state index is 13.7. The monoisotopic (exact) mass is 519 g/mol. The van der Waals surface area contributed by atoms with Gasteiger partial charge in [-0.1, -0.05) is 61.7 Å². The molecule has 0 heterocycles. The van der Waals surface area contributed by atoms with Gasteiger partial charge >= 0.3 is 0 Å². The van der Waals surface area contributed by atoms with Crippen LogP contribution in [0.5, 0.6) is 0 Å². The van der Waals surface area contributed by atoms with Gasteiger partial charge in [0.15, 0.2) is 0 Å². The fourth-order valence-electron chi connectivity index (χ4n) is 4.56. The molecule has 1 fully saturated rings. The van der Waals surface area contributed by atoms with E-state index in [-0.39, 0.29) is 18.5 Å². The molecule has 3 rings (SSSR count). The average Bonchev–Trinajstić information content (AvgIpc) is 3.30. The molecular formula is C26H34ClN3O4S. The van der Waals surface area contributed by atoms with Gasteiger partial charge in [-0.25, -0.2) is 8.42 Å². The topological polar surface area (TPSA) is 86.8 Å². The van der Waals surface area contributed by atoms with Crippen LogP contribution >= 0.6 is 11.6 Å². The Labute approximate surface area is 213 Å². The number of benzene rings is 2. The van der Waals surface area contributed by atoms with Gasteiger partial charge in [-0.05, 0) is 55.5 Å². The van der Waals surface area contributed by atoms with E-state index < -0.39 is 28.5 Å². The third-order valence-electron chi connectivity index (χ3n) is 6.39. The number of hydrogen-bond acceptors (Lipinski definition) is 4. The summed E-state index contributed by atoms with van der Waals surface area (Å²) in [6.07, 6.45) is 5.52. The van der Waals surface area contributed by atoms with Crippen LogP contribution in [0.1, 0.15) is 50.2 Å². The molecule has 0 spiro atoms. The van der Waals surface area contributed by atoms with E-state index in [1.807, 2.05) is 37.3 Å². The number of carbonyl (C=O) groups is 2. The highest BCUT2D eigenvalue weighted by molar-refractivity contribution is 7.92. The molecule has 2 aromatic carbocycles. The first-order valence-electron chi connectivity index (χ1n) is 12.0. The zero-order valence-corrected chi connectivity index (χ0v) is 22.1. The minimum absolute atomic E-state index is 0.120. The molecule has 2 aromatic rings. The number of anilines is 1. The van der Waals surface area contributed by atoms with Crippen LogP contribution in [0.3, 0.4) is 0 Å². The molecule has 9 heteroatoms. The molecule has 35 heavy (non-hydrogen) atoms. The van der Waals surface area contributed by atoms with Crippen molar-refractivity contribution in [3.05, 3.63) is 64.7 Å². The van der Waals surface area contributed by atoms with Crippen molar-refractivity contribution < 1.29 is 18.0 Å². The zero-order chi connectivity index (χ0) is 25.6. The van der Waals surface area contributed by atoms with Crippen molar-refractivity contribution in [3.8, 4) is 0 Å². The van der Waals surface area contributed by atoms with Crippen LogP contribution < -0.4 is 9.62 Å². The summed E-state index contributed by atoms with van der Waals surface area (Å²) in [6, 6.07) is 13.7. The molecule has 2 amide bonds. The molecular weight excluding hydrogens is 486 g/mol. The van der Waals surface area contributed by atoms with Crippen molar-refractivity contribution in [1.82, 2.24) is 10.2 Å². The number of sulfonamides is 1. The van der Waals surface area contributed by atoms with Gasteiger partial charge in [0.25, 0.3) is 0 Å². The van der Waals surface area contributed by atoms with Crippen molar-refractivity contribution >= 4 is 39.1 Å². The quantitative estimate of drug-likeness (QED) is 0.507. The van der Waals surface area contributed by atoms with E-state index in [0.29, 0.717) is 22.7 Å². The fraction of sp³-hybridized carbons (Fsp3) is 0.462. The molecule has 1 atom stereocenters. The Hall–Kier alpha value is -2.58. The lowest BCUT2D eigenvalue weighted by Gasteiger charge is -2.33. The lowest BCUT2D eigenvalue weighted by Crippen LogP contribution is -2.53. The molecule has 1 aliphatic carbocycles. The lowest BCUT2D eigenvalue weighted by molar-refractivity contribution is -0.140. The highest BCUT2D eigenvalue weighted by atomic mass is 35.5. The predicted molar refractivity (Wildman–Crippen MR) is 140 cm³/mol. The van der Waals surface area contributed by atoms with Crippen molar-refractivity contribution in [2.24, 2.45) is 0 Å². The first kappa shape index (κ1) is 27.0. The summed E-state index contributed by atoms with van der Waals surface area (Å²) in [7, 11) is -3.78. The van der Waals surface area contributed by atoms with Gasteiger partial charge in [-0.3, -0.25) is 13.9 Å². The summed E-state index contributed by atoms with van der Waals surface area (Å²) >= 11 is 6.06. The molecule has 0 aliphatic heterocycles. The minimum atomic E-state index is -3.78. The maximum absolute atomic E-state index is 13.7. The molecule has 7 nitrogen and oxygen atoms in total. The Kier molecular flexibility index (Phi) is 9.19. The van der Waals surface area contributed by atoms with Crippen molar-refractivity contribution in [3.63, 3.8) is 0 Å². The van der Waals surface area contributed by atoms with Gasteiger partial charge in [0.1, 0.15) is 12.6 Å². The zero-order valence-electron chi connectivity index (χ0n) is 20.5. The van der Waals surface area contributed by atoms with Crippen LogP contribution in [0.15, 0.2) is 48.5 Å². The Bertz CT molecular complexity index is 1130. The van der Waals surface area contributed by atoms with Crippen molar-refractivity contribution in [2.45, 2.75) is 64.6 Å². The summed E-state index contributed by atoms with van der Waals surface area (Å²) in [5.41, 5.74) is 1.88. The van der Waals surface area contributed by atoms with E-state index in [2.05, 4.69) is 5.32 Å². The van der Waals surface area contributed by atoms with Crippen LogP contribution in [0.2, 0.25) is 5.02 Å². The van der Waals surface area contributed by atoms with E-state index >= 15 is 0 Å². The summed E-state index contributed by atoms with van der Waals surface area (Å²) < 4.78 is 26.5. The van der Waals surface area contributed by atoms with Gasteiger partial charge in [0.05, 0.1) is 11.9 Å². The normalized spacial score (nSPS) is 15.0. The molecule has 190 valence electrons. The Balaban J connectivity index is 1.92. The second-order valence-electron chi connectivity index (χ2n) is 9.12. The van der Waals surface area contributed by atoms with Gasteiger partial charge in [0.2, 0.25) is 21.8 Å². The summed E-state index contributed by atoms with van der Waals surface area (Å²) in [4.78, 5) is 28.5. The number of carbonyl (C=O) groups excluding carboxylic acids is 2. The summed E-state index contributed by atoms with van der Waals surface area (Å²) in [5, 5.41) is 3.58. The van der Waals surface area contributed by atoms with E-state index in [1.165, 1.54) is 4.90 Å². The lowest BCUT2D eigenvalue weighted by atomic mass is 10.1. The molecule has 0 radical (unpaired) electrons. The van der Waals surface area contributed by atoms with Crippen molar-refractivity contribution in [1.29, 1.82) is 0 Å². The first-order chi connectivity index (χ1) is 16.6. The van der Waals surface area contributed by atoms with E-state index in [1.54, 1.807) is 25.1 Å². The average molecular weight is 520 g/mol. The fourth-order valence-corrected chi connectivity index (χ4v) is 5.69. The Morgan fingerprint density at radius 3 is 2.34 bits per heavy atom. The highest BCUT2D eigenvalue weighted by Crippen LogP contribution is 2.26. The standard InChI is InChI=1S/C26H34ClN3O4S/c1-4-23(26(32)28-22-12-8-9-13-22)29(17-20-10-6-5-7-11-20)25(31)18-30(35(3,33)34)24-15-14-21(27)16-19(24)2/h5-7,10-11,14-16,22-23H,4,8-9,12-13,17-18H2,1-3H3,(H,28,32)/t23-/m0/s1.